The molecule has 0 radical (unpaired) electrons. The highest BCUT2D eigenvalue weighted by molar-refractivity contribution is 5.82. The number of hydrogen-bond acceptors (Lipinski definition) is 3. The molecule has 3 nitrogen and oxygen atoms in total. The number of nitrogens with zero attached hydrogens (tertiary/aromatic N) is 1. The zero-order valence-corrected chi connectivity index (χ0v) is 11.0. The zero-order valence-electron chi connectivity index (χ0n) is 11.0. The first-order chi connectivity index (χ1) is 6.79. The van der Waals surface area contributed by atoms with Gasteiger partial charge >= 0.3 is 0 Å². The van der Waals surface area contributed by atoms with Crippen LogP contribution in [-0.4, -0.2) is 43.0 Å². The highest BCUT2D eigenvalue weighted by Crippen LogP contribution is 2.13. The molecule has 0 saturated carbocycles. The molecule has 0 aliphatic heterocycles. The minimum Gasteiger partial charge on any atom is -0.383 e. The molecule has 0 N–H and O–H groups in total. The Morgan fingerprint density at radius 1 is 1.33 bits per heavy atom. The third kappa shape index (κ3) is 5.90. The van der Waals surface area contributed by atoms with Crippen molar-refractivity contribution in [3.63, 3.8) is 0 Å². The summed E-state index contributed by atoms with van der Waals surface area (Å²) in [6.07, 6.45) is 0. The number of ether oxygens (including phenoxy) is 1. The van der Waals surface area contributed by atoms with Gasteiger partial charge in [-0.15, -0.1) is 0 Å². The summed E-state index contributed by atoms with van der Waals surface area (Å²) in [5.74, 6) is 0.401. The van der Waals surface area contributed by atoms with E-state index in [4.69, 9.17) is 4.74 Å². The molecule has 0 unspecified atom stereocenters. The first kappa shape index (κ1) is 14.6. The van der Waals surface area contributed by atoms with Gasteiger partial charge in [-0.1, -0.05) is 13.8 Å². The van der Waals surface area contributed by atoms with Crippen LogP contribution < -0.4 is 0 Å². The fourth-order valence-corrected chi connectivity index (χ4v) is 1.22. The quantitative estimate of drug-likeness (QED) is 0.678. The van der Waals surface area contributed by atoms with E-state index >= 15 is 0 Å². The molecular weight excluding hydrogens is 190 g/mol. The van der Waals surface area contributed by atoms with Gasteiger partial charge in [-0.3, -0.25) is 9.69 Å². The van der Waals surface area contributed by atoms with Crippen LogP contribution in [0.25, 0.3) is 0 Å². The Labute approximate surface area is 93.8 Å². The van der Waals surface area contributed by atoms with Crippen molar-refractivity contribution in [1.29, 1.82) is 0 Å². The predicted molar refractivity (Wildman–Crippen MR) is 63.0 cm³/mol. The molecular formula is C12H25NO2. The molecule has 3 heteroatoms. The van der Waals surface area contributed by atoms with E-state index in [0.717, 1.165) is 6.54 Å². The number of methoxy groups -OCH3 is 1. The van der Waals surface area contributed by atoms with E-state index in [2.05, 4.69) is 25.7 Å². The average Bonchev–Trinajstić information content (AvgIpc) is 2.09. The second-order valence-electron chi connectivity index (χ2n) is 5.21. The summed E-state index contributed by atoms with van der Waals surface area (Å²) < 4.78 is 5.06. The van der Waals surface area contributed by atoms with Crippen LogP contribution in [0.15, 0.2) is 0 Å². The van der Waals surface area contributed by atoms with Crippen LogP contribution in [0.1, 0.15) is 34.6 Å². The summed E-state index contributed by atoms with van der Waals surface area (Å²) in [6.45, 7) is 12.2. The van der Waals surface area contributed by atoms with Crippen molar-refractivity contribution >= 4 is 5.78 Å². The summed E-state index contributed by atoms with van der Waals surface area (Å²) in [4.78, 5) is 13.8. The first-order valence-electron chi connectivity index (χ1n) is 5.55. The largest absolute Gasteiger partial charge is 0.383 e. The number of rotatable bonds is 6. The number of Topliss-reactive ketones (excluding diaryl/α,β-unsaturated/α-hetero) is 1. The fourth-order valence-electron chi connectivity index (χ4n) is 1.22. The Morgan fingerprint density at radius 2 is 1.87 bits per heavy atom. The Hall–Kier alpha value is -0.410. The molecule has 0 heterocycles. The van der Waals surface area contributed by atoms with E-state index in [1.165, 1.54) is 0 Å². The van der Waals surface area contributed by atoms with Gasteiger partial charge < -0.3 is 4.74 Å². The Balaban J connectivity index is 4.31. The fraction of sp³-hybridized carbons (Fsp3) is 0.917. The number of carbonyl (C=O) groups is 1. The zero-order chi connectivity index (χ0) is 12.1. The van der Waals surface area contributed by atoms with Gasteiger partial charge in [-0.05, 0) is 20.8 Å². The van der Waals surface area contributed by atoms with Crippen molar-refractivity contribution in [2.45, 2.75) is 40.2 Å². The molecule has 0 bridgehead atoms. The van der Waals surface area contributed by atoms with E-state index < -0.39 is 0 Å². The lowest BCUT2D eigenvalue weighted by atomic mass is 10.0. The molecule has 0 aromatic heterocycles. The molecule has 15 heavy (non-hydrogen) atoms. The van der Waals surface area contributed by atoms with Gasteiger partial charge in [0.15, 0.2) is 0 Å². The lowest BCUT2D eigenvalue weighted by molar-refractivity contribution is -0.124. The lowest BCUT2D eigenvalue weighted by Crippen LogP contribution is -2.46. The molecule has 0 saturated heterocycles. The van der Waals surface area contributed by atoms with Gasteiger partial charge in [0.2, 0.25) is 0 Å². The normalized spacial score (nSPS) is 12.5. The molecule has 0 aliphatic rings. The number of ketones is 1. The maximum absolute atomic E-state index is 11.7. The van der Waals surface area contributed by atoms with Gasteiger partial charge in [-0.25, -0.2) is 0 Å². The summed E-state index contributed by atoms with van der Waals surface area (Å²) in [5.41, 5.74) is 0.0169. The van der Waals surface area contributed by atoms with Crippen LogP contribution in [0.4, 0.5) is 0 Å². The van der Waals surface area contributed by atoms with Crippen molar-refractivity contribution in [2.75, 3.05) is 26.8 Å². The minimum absolute atomic E-state index is 0.0169. The molecule has 0 spiro atoms. The van der Waals surface area contributed by atoms with Crippen LogP contribution in [0.5, 0.6) is 0 Å². The van der Waals surface area contributed by atoms with Crippen molar-refractivity contribution in [3.8, 4) is 0 Å². The summed E-state index contributed by atoms with van der Waals surface area (Å²) in [7, 11) is 1.69. The van der Waals surface area contributed by atoms with Crippen LogP contribution in [0.3, 0.4) is 0 Å². The lowest BCUT2D eigenvalue weighted by Gasteiger charge is -2.35. The molecule has 0 fully saturated rings. The average molecular weight is 215 g/mol. The van der Waals surface area contributed by atoms with Crippen molar-refractivity contribution in [2.24, 2.45) is 5.92 Å². The SMILES string of the molecule is COCCN(CC(=O)C(C)C)C(C)(C)C. The van der Waals surface area contributed by atoms with Crippen molar-refractivity contribution < 1.29 is 9.53 Å². The van der Waals surface area contributed by atoms with Gasteiger partial charge in [0.1, 0.15) is 5.78 Å². The summed E-state index contributed by atoms with van der Waals surface area (Å²) >= 11 is 0. The third-order valence-corrected chi connectivity index (χ3v) is 2.50. The maximum Gasteiger partial charge on any atom is 0.149 e. The van der Waals surface area contributed by atoms with E-state index in [9.17, 15) is 4.79 Å². The molecule has 0 aromatic carbocycles. The molecule has 0 aromatic rings. The number of hydrogen-bond donors (Lipinski definition) is 0. The van der Waals surface area contributed by atoms with E-state index in [1.54, 1.807) is 7.11 Å². The third-order valence-electron chi connectivity index (χ3n) is 2.50. The van der Waals surface area contributed by atoms with Gasteiger partial charge in [-0.2, -0.15) is 0 Å². The Morgan fingerprint density at radius 3 is 2.20 bits per heavy atom. The number of carbonyl (C=O) groups excluding carboxylic acids is 1. The van der Waals surface area contributed by atoms with Gasteiger partial charge in [0.25, 0.3) is 0 Å². The van der Waals surface area contributed by atoms with Crippen LogP contribution in [0.2, 0.25) is 0 Å². The second kappa shape index (κ2) is 6.23. The first-order valence-corrected chi connectivity index (χ1v) is 5.55. The van der Waals surface area contributed by atoms with Crippen LogP contribution >= 0.6 is 0 Å². The minimum atomic E-state index is 0.0169. The Bertz CT molecular complexity index is 194. The van der Waals surface area contributed by atoms with Gasteiger partial charge in [0, 0.05) is 25.1 Å². The maximum atomic E-state index is 11.7. The predicted octanol–water partition coefficient (Wildman–Crippen LogP) is 1.96. The molecule has 0 atom stereocenters. The standard InChI is InChI=1S/C12H25NO2/c1-10(2)11(14)9-13(7-8-15-6)12(3,4)5/h10H,7-9H2,1-6H3. The smallest absolute Gasteiger partial charge is 0.149 e. The van der Waals surface area contributed by atoms with E-state index in [0.29, 0.717) is 18.9 Å². The van der Waals surface area contributed by atoms with Gasteiger partial charge in [0.05, 0.1) is 13.2 Å². The molecule has 0 aliphatic carbocycles. The molecule has 0 rings (SSSR count). The summed E-state index contributed by atoms with van der Waals surface area (Å²) in [6, 6.07) is 0. The van der Waals surface area contributed by atoms with Crippen molar-refractivity contribution in [1.82, 2.24) is 4.90 Å². The molecule has 0 amide bonds. The highest BCUT2D eigenvalue weighted by Gasteiger charge is 2.23. The van der Waals surface area contributed by atoms with Crippen LogP contribution in [0, 0.1) is 5.92 Å². The van der Waals surface area contributed by atoms with Crippen LogP contribution in [-0.2, 0) is 9.53 Å². The second-order valence-corrected chi connectivity index (χ2v) is 5.21. The molecule has 90 valence electrons. The Kier molecular flexibility index (Phi) is 6.06. The summed E-state index contributed by atoms with van der Waals surface area (Å²) in [5, 5.41) is 0. The van der Waals surface area contributed by atoms with E-state index in [-0.39, 0.29) is 11.5 Å². The van der Waals surface area contributed by atoms with E-state index in [1.807, 2.05) is 13.8 Å². The monoisotopic (exact) mass is 215 g/mol. The highest BCUT2D eigenvalue weighted by atomic mass is 16.5. The topological polar surface area (TPSA) is 29.5 Å². The van der Waals surface area contributed by atoms with Crippen molar-refractivity contribution in [3.05, 3.63) is 0 Å².